The molecule has 4 heterocycles. The molecule has 10 heteroatoms. The summed E-state index contributed by atoms with van der Waals surface area (Å²) >= 11 is 6.73. The number of rotatable bonds is 8. The first-order chi connectivity index (χ1) is 17.4. The zero-order chi connectivity index (χ0) is 25.0. The molecular formula is C26H25ClN6O3. The smallest absolute Gasteiger partial charge is 0.274 e. The van der Waals surface area contributed by atoms with Crippen molar-refractivity contribution in [1.29, 1.82) is 0 Å². The summed E-state index contributed by atoms with van der Waals surface area (Å²) < 4.78 is 9.37. The number of imidazole rings is 1. The van der Waals surface area contributed by atoms with Gasteiger partial charge in [0.25, 0.3) is 5.56 Å². The number of carbonyl (C=O) groups is 1. The second kappa shape index (κ2) is 8.74. The first-order valence-corrected chi connectivity index (χ1v) is 12.4. The number of hydrogen-bond acceptors (Lipinski definition) is 7. The quantitative estimate of drug-likeness (QED) is 0.372. The Morgan fingerprint density at radius 3 is 2.75 bits per heavy atom. The van der Waals surface area contributed by atoms with Crippen molar-refractivity contribution in [3.05, 3.63) is 63.4 Å². The number of nitrogens with one attached hydrogen (secondary N) is 1. The van der Waals surface area contributed by atoms with Gasteiger partial charge >= 0.3 is 0 Å². The summed E-state index contributed by atoms with van der Waals surface area (Å²) in [6.07, 6.45) is 9.55. The molecule has 2 aliphatic carbocycles. The standard InChI is InChI=1S/C26H25ClN6O3/c1-32-13-16(14-3-4-14)9-19(25(32)35)30-26-31-24-23(33(26)2)22(27)21(12-29-24)36-18-7-8-28-17(10-18)11-20(34)15-5-6-15/h7-10,12-15H,3-6,11H2,1-2H3,(H,29,30,31). The highest BCUT2D eigenvalue weighted by molar-refractivity contribution is 6.36. The molecule has 0 aromatic carbocycles. The van der Waals surface area contributed by atoms with E-state index >= 15 is 0 Å². The fourth-order valence-corrected chi connectivity index (χ4v) is 4.65. The minimum Gasteiger partial charge on any atom is -0.454 e. The molecule has 6 rings (SSSR count). The minimum atomic E-state index is -0.136. The largest absolute Gasteiger partial charge is 0.454 e. The second-order valence-electron chi connectivity index (χ2n) is 9.61. The van der Waals surface area contributed by atoms with Crippen LogP contribution in [0, 0.1) is 5.92 Å². The maximum atomic E-state index is 12.7. The first kappa shape index (κ1) is 22.7. The van der Waals surface area contributed by atoms with Crippen LogP contribution in [0.1, 0.15) is 42.9 Å². The number of halogens is 1. The summed E-state index contributed by atoms with van der Waals surface area (Å²) in [5.41, 5.74) is 3.13. The molecule has 2 aliphatic rings. The highest BCUT2D eigenvalue weighted by Gasteiger charge is 2.29. The summed E-state index contributed by atoms with van der Waals surface area (Å²) in [5, 5.41) is 3.51. The third kappa shape index (κ3) is 4.35. The van der Waals surface area contributed by atoms with E-state index in [0.29, 0.717) is 57.4 Å². The van der Waals surface area contributed by atoms with E-state index in [1.54, 1.807) is 41.6 Å². The molecule has 36 heavy (non-hydrogen) atoms. The molecule has 184 valence electrons. The molecule has 0 spiro atoms. The molecular weight excluding hydrogens is 480 g/mol. The molecule has 0 radical (unpaired) electrons. The van der Waals surface area contributed by atoms with Crippen molar-refractivity contribution in [1.82, 2.24) is 24.1 Å². The third-order valence-electron chi connectivity index (χ3n) is 6.71. The van der Waals surface area contributed by atoms with Gasteiger partial charge < -0.3 is 19.2 Å². The average molecular weight is 505 g/mol. The highest BCUT2D eigenvalue weighted by Crippen LogP contribution is 2.40. The molecule has 0 amide bonds. The van der Waals surface area contributed by atoms with E-state index in [1.807, 2.05) is 12.3 Å². The second-order valence-corrected chi connectivity index (χ2v) is 9.99. The Morgan fingerprint density at radius 2 is 2.00 bits per heavy atom. The van der Waals surface area contributed by atoms with Crippen molar-refractivity contribution in [3.63, 3.8) is 0 Å². The van der Waals surface area contributed by atoms with E-state index in [4.69, 9.17) is 16.3 Å². The van der Waals surface area contributed by atoms with E-state index in [0.717, 1.165) is 31.2 Å². The van der Waals surface area contributed by atoms with Crippen molar-refractivity contribution >= 4 is 40.2 Å². The lowest BCUT2D eigenvalue weighted by atomic mass is 10.1. The fraction of sp³-hybridized carbons (Fsp3) is 0.346. The van der Waals surface area contributed by atoms with Crippen LogP contribution in [-0.2, 0) is 25.3 Å². The number of pyridine rings is 3. The Balaban J connectivity index is 1.28. The Bertz CT molecular complexity index is 1570. The number of ketones is 1. The summed E-state index contributed by atoms with van der Waals surface area (Å²) in [6, 6.07) is 5.36. The van der Waals surface area contributed by atoms with Gasteiger partial charge in [-0.15, -0.1) is 0 Å². The maximum absolute atomic E-state index is 12.7. The Labute approximate surface area is 212 Å². The van der Waals surface area contributed by atoms with Gasteiger partial charge in [0, 0.05) is 44.9 Å². The van der Waals surface area contributed by atoms with Crippen LogP contribution >= 0.6 is 11.6 Å². The van der Waals surface area contributed by atoms with Gasteiger partial charge in [-0.1, -0.05) is 11.6 Å². The molecule has 4 aromatic heterocycles. The van der Waals surface area contributed by atoms with E-state index in [9.17, 15) is 9.59 Å². The van der Waals surface area contributed by atoms with Gasteiger partial charge in [0.15, 0.2) is 11.4 Å². The molecule has 0 aliphatic heterocycles. The molecule has 9 nitrogen and oxygen atoms in total. The highest BCUT2D eigenvalue weighted by atomic mass is 35.5. The summed E-state index contributed by atoms with van der Waals surface area (Å²) in [4.78, 5) is 38.2. The number of aryl methyl sites for hydroxylation is 2. The number of nitrogens with zero attached hydrogens (tertiary/aromatic N) is 5. The predicted molar refractivity (Wildman–Crippen MR) is 136 cm³/mol. The van der Waals surface area contributed by atoms with Crippen LogP contribution in [0.4, 0.5) is 11.6 Å². The van der Waals surface area contributed by atoms with Gasteiger partial charge in [-0.05, 0) is 49.3 Å². The van der Waals surface area contributed by atoms with E-state index in [2.05, 4.69) is 20.3 Å². The van der Waals surface area contributed by atoms with Crippen molar-refractivity contribution < 1.29 is 9.53 Å². The Hall–Kier alpha value is -3.72. The number of hydrogen-bond donors (Lipinski definition) is 1. The zero-order valence-corrected chi connectivity index (χ0v) is 20.7. The number of fused-ring (bicyclic) bond motifs is 1. The van der Waals surface area contributed by atoms with Gasteiger partial charge in [0.2, 0.25) is 5.95 Å². The van der Waals surface area contributed by atoms with E-state index in [1.165, 1.54) is 6.20 Å². The number of aromatic nitrogens is 5. The molecule has 0 atom stereocenters. The van der Waals surface area contributed by atoms with Gasteiger partial charge in [0.05, 0.1) is 11.9 Å². The average Bonchev–Trinajstić information content (AvgIpc) is 3.76. The summed E-state index contributed by atoms with van der Waals surface area (Å²) in [6.45, 7) is 0. The maximum Gasteiger partial charge on any atom is 0.274 e. The predicted octanol–water partition coefficient (Wildman–Crippen LogP) is 4.65. The molecule has 2 fully saturated rings. The number of ether oxygens (including phenoxy) is 1. The Morgan fingerprint density at radius 1 is 1.19 bits per heavy atom. The van der Waals surface area contributed by atoms with E-state index < -0.39 is 0 Å². The van der Waals surface area contributed by atoms with Crippen LogP contribution in [0.5, 0.6) is 11.5 Å². The SMILES string of the molecule is Cn1cc(C2CC2)cc(Nc2nc3ncc(Oc4ccnc(CC(=O)C5CC5)c4)c(Cl)c3n2C)c1=O. The molecule has 0 saturated heterocycles. The van der Waals surface area contributed by atoms with Gasteiger partial charge in [-0.25, -0.2) is 4.98 Å². The van der Waals surface area contributed by atoms with Crippen LogP contribution in [0.25, 0.3) is 11.2 Å². The van der Waals surface area contributed by atoms with Crippen LogP contribution in [0.15, 0.2) is 41.6 Å². The lowest BCUT2D eigenvalue weighted by molar-refractivity contribution is -0.119. The molecule has 0 bridgehead atoms. The zero-order valence-electron chi connectivity index (χ0n) is 20.0. The van der Waals surface area contributed by atoms with Crippen molar-refractivity contribution in [2.75, 3.05) is 5.32 Å². The summed E-state index contributed by atoms with van der Waals surface area (Å²) in [7, 11) is 3.56. The van der Waals surface area contributed by atoms with Crippen molar-refractivity contribution in [2.24, 2.45) is 20.0 Å². The monoisotopic (exact) mass is 504 g/mol. The number of anilines is 2. The molecule has 1 N–H and O–H groups in total. The lowest BCUT2D eigenvalue weighted by Gasteiger charge is -2.11. The summed E-state index contributed by atoms with van der Waals surface area (Å²) in [5.74, 6) is 2.23. The van der Waals surface area contributed by atoms with Crippen LogP contribution in [0.3, 0.4) is 0 Å². The minimum absolute atomic E-state index is 0.136. The number of Topliss-reactive ketones (excluding diaryl/α,β-unsaturated/α-hetero) is 1. The van der Waals surface area contributed by atoms with Gasteiger partial charge in [-0.2, -0.15) is 4.98 Å². The van der Waals surface area contributed by atoms with Crippen LogP contribution < -0.4 is 15.6 Å². The molecule has 4 aromatic rings. The lowest BCUT2D eigenvalue weighted by Crippen LogP contribution is -2.20. The third-order valence-corrected chi connectivity index (χ3v) is 7.07. The number of carbonyl (C=O) groups excluding carboxylic acids is 1. The van der Waals surface area contributed by atoms with Crippen LogP contribution in [0.2, 0.25) is 5.02 Å². The molecule has 2 saturated carbocycles. The van der Waals surface area contributed by atoms with Crippen molar-refractivity contribution in [2.45, 2.75) is 38.0 Å². The normalized spacial score (nSPS) is 15.3. The van der Waals surface area contributed by atoms with Crippen molar-refractivity contribution in [3.8, 4) is 11.5 Å². The molecule has 0 unspecified atom stereocenters. The Kier molecular flexibility index (Phi) is 5.52. The fourth-order valence-electron chi connectivity index (χ4n) is 4.35. The van der Waals surface area contributed by atoms with E-state index in [-0.39, 0.29) is 17.3 Å². The van der Waals surface area contributed by atoms with Crippen LogP contribution in [-0.4, -0.2) is 29.9 Å². The van der Waals surface area contributed by atoms with Gasteiger partial charge in [-0.3, -0.25) is 14.6 Å². The van der Waals surface area contributed by atoms with Gasteiger partial charge in [0.1, 0.15) is 27.8 Å². The topological polar surface area (TPSA) is 104 Å². The first-order valence-electron chi connectivity index (χ1n) is 12.0.